The predicted octanol–water partition coefficient (Wildman–Crippen LogP) is 3.01. The van der Waals surface area contributed by atoms with Crippen LogP contribution in [0.25, 0.3) is 0 Å². The summed E-state index contributed by atoms with van der Waals surface area (Å²) in [6, 6.07) is 6.06. The minimum absolute atomic E-state index is 0.0299. The van der Waals surface area contributed by atoms with Crippen molar-refractivity contribution >= 4 is 11.6 Å². The highest BCUT2D eigenvalue weighted by Crippen LogP contribution is 2.22. The molecular formula is C9H6ClF2NO. The molecule has 0 aliphatic carbocycles. The van der Waals surface area contributed by atoms with Crippen molar-refractivity contribution in [2.45, 2.75) is 13.0 Å². The van der Waals surface area contributed by atoms with Gasteiger partial charge in [0.2, 0.25) is 0 Å². The van der Waals surface area contributed by atoms with Crippen molar-refractivity contribution in [2.75, 3.05) is 0 Å². The molecule has 0 fully saturated rings. The molecule has 0 heterocycles. The van der Waals surface area contributed by atoms with Gasteiger partial charge in [0.25, 0.3) is 0 Å². The molecule has 0 N–H and O–H groups in total. The molecule has 74 valence electrons. The lowest BCUT2D eigenvalue weighted by molar-refractivity contribution is -0.0498. The van der Waals surface area contributed by atoms with Gasteiger partial charge < -0.3 is 4.74 Å². The maximum absolute atomic E-state index is 11.8. The Kier molecular flexibility index (Phi) is 3.66. The van der Waals surface area contributed by atoms with Gasteiger partial charge in [-0.15, -0.1) is 0 Å². The van der Waals surface area contributed by atoms with E-state index in [1.54, 1.807) is 0 Å². The van der Waals surface area contributed by atoms with Crippen LogP contribution in [0.1, 0.15) is 5.56 Å². The lowest BCUT2D eigenvalue weighted by atomic mass is 10.1. The van der Waals surface area contributed by atoms with E-state index in [-0.39, 0.29) is 17.2 Å². The largest absolute Gasteiger partial charge is 0.435 e. The summed E-state index contributed by atoms with van der Waals surface area (Å²) >= 11 is 5.63. The highest BCUT2D eigenvalue weighted by atomic mass is 35.5. The minimum Gasteiger partial charge on any atom is -0.435 e. The Balaban J connectivity index is 2.90. The molecule has 0 bridgehead atoms. The van der Waals surface area contributed by atoms with Crippen molar-refractivity contribution in [3.8, 4) is 11.8 Å². The zero-order valence-corrected chi connectivity index (χ0v) is 7.76. The summed E-state index contributed by atoms with van der Waals surface area (Å²) in [6.45, 7) is -2.89. The summed E-state index contributed by atoms with van der Waals surface area (Å²) in [5.74, 6) is -0.0299. The number of hydrogen-bond acceptors (Lipinski definition) is 2. The third-order valence-electron chi connectivity index (χ3n) is 1.44. The van der Waals surface area contributed by atoms with Gasteiger partial charge >= 0.3 is 6.61 Å². The molecule has 0 spiro atoms. The topological polar surface area (TPSA) is 33.0 Å². The highest BCUT2D eigenvalue weighted by molar-refractivity contribution is 6.30. The molecule has 0 atom stereocenters. The average Bonchev–Trinajstić information content (AvgIpc) is 2.01. The van der Waals surface area contributed by atoms with E-state index >= 15 is 0 Å². The van der Waals surface area contributed by atoms with Crippen molar-refractivity contribution in [3.63, 3.8) is 0 Å². The number of nitriles is 1. The van der Waals surface area contributed by atoms with Crippen molar-refractivity contribution in [1.82, 2.24) is 0 Å². The van der Waals surface area contributed by atoms with Gasteiger partial charge in [-0.05, 0) is 23.8 Å². The van der Waals surface area contributed by atoms with Crippen LogP contribution in [0.3, 0.4) is 0 Å². The first-order valence-electron chi connectivity index (χ1n) is 3.73. The Labute approximate surface area is 84.7 Å². The maximum atomic E-state index is 11.8. The van der Waals surface area contributed by atoms with Gasteiger partial charge in [0, 0.05) is 5.02 Å². The normalized spacial score (nSPS) is 9.93. The summed E-state index contributed by atoms with van der Waals surface area (Å²) in [6.07, 6.45) is 0.111. The summed E-state index contributed by atoms with van der Waals surface area (Å²) in [5.41, 5.74) is 0.552. The van der Waals surface area contributed by atoms with Crippen molar-refractivity contribution in [1.29, 1.82) is 5.26 Å². The Morgan fingerprint density at radius 3 is 2.71 bits per heavy atom. The SMILES string of the molecule is N#CCc1cc(Cl)cc(OC(F)F)c1. The summed E-state index contributed by atoms with van der Waals surface area (Å²) in [5, 5.41) is 8.67. The maximum Gasteiger partial charge on any atom is 0.387 e. The molecule has 0 aliphatic heterocycles. The lowest BCUT2D eigenvalue weighted by Gasteiger charge is -2.05. The Morgan fingerprint density at radius 1 is 1.43 bits per heavy atom. The van der Waals surface area contributed by atoms with Crippen LogP contribution in [0.5, 0.6) is 5.75 Å². The molecule has 1 rings (SSSR count). The van der Waals surface area contributed by atoms with E-state index in [0.29, 0.717) is 5.56 Å². The average molecular weight is 218 g/mol. The fourth-order valence-electron chi connectivity index (χ4n) is 0.985. The van der Waals surface area contributed by atoms with Gasteiger partial charge in [-0.25, -0.2) is 0 Å². The van der Waals surface area contributed by atoms with Crippen LogP contribution in [0.2, 0.25) is 5.02 Å². The van der Waals surface area contributed by atoms with E-state index in [1.807, 2.05) is 6.07 Å². The van der Waals surface area contributed by atoms with E-state index in [0.717, 1.165) is 0 Å². The van der Waals surface area contributed by atoms with Gasteiger partial charge in [0.05, 0.1) is 12.5 Å². The molecule has 2 nitrogen and oxygen atoms in total. The molecule has 14 heavy (non-hydrogen) atoms. The van der Waals surface area contributed by atoms with Gasteiger partial charge in [-0.1, -0.05) is 11.6 Å². The fraction of sp³-hybridized carbons (Fsp3) is 0.222. The van der Waals surface area contributed by atoms with Crippen molar-refractivity contribution in [3.05, 3.63) is 28.8 Å². The molecule has 1 aromatic carbocycles. The summed E-state index contributed by atoms with van der Waals surface area (Å²) in [4.78, 5) is 0. The van der Waals surface area contributed by atoms with Crippen LogP contribution in [0, 0.1) is 11.3 Å². The summed E-state index contributed by atoms with van der Waals surface area (Å²) in [7, 11) is 0. The molecule has 0 aliphatic rings. The standard InChI is InChI=1S/C9H6ClF2NO/c10-7-3-6(1-2-13)4-8(5-7)14-9(11)12/h3-5,9H,1H2. The van der Waals surface area contributed by atoms with Gasteiger partial charge in [0.15, 0.2) is 0 Å². The number of halogens is 3. The monoisotopic (exact) mass is 217 g/mol. The molecule has 0 saturated heterocycles. The van der Waals surface area contributed by atoms with Crippen LogP contribution in [-0.2, 0) is 6.42 Å². The molecular weight excluding hydrogens is 212 g/mol. The van der Waals surface area contributed by atoms with Crippen LogP contribution in [0.4, 0.5) is 8.78 Å². The number of benzene rings is 1. The van der Waals surface area contributed by atoms with Gasteiger partial charge in [0.1, 0.15) is 5.75 Å². The van der Waals surface area contributed by atoms with E-state index < -0.39 is 6.61 Å². The number of ether oxygens (including phenoxy) is 1. The first-order chi connectivity index (χ1) is 6.61. The second-order valence-corrected chi connectivity index (χ2v) is 2.95. The van der Waals surface area contributed by atoms with Crippen LogP contribution < -0.4 is 4.74 Å². The molecule has 0 amide bonds. The first kappa shape index (κ1) is 10.7. The molecule has 1 aromatic rings. The van der Waals surface area contributed by atoms with E-state index in [2.05, 4.69) is 4.74 Å². The second kappa shape index (κ2) is 4.77. The molecule has 0 radical (unpaired) electrons. The number of nitrogens with zero attached hydrogens (tertiary/aromatic N) is 1. The lowest BCUT2D eigenvalue weighted by Crippen LogP contribution is -2.02. The summed E-state index contributed by atoms with van der Waals surface area (Å²) < 4.78 is 27.8. The quantitative estimate of drug-likeness (QED) is 0.780. The predicted molar refractivity (Wildman–Crippen MR) is 47.4 cm³/mol. The van der Waals surface area contributed by atoms with E-state index in [4.69, 9.17) is 16.9 Å². The van der Waals surface area contributed by atoms with Gasteiger partial charge in [-0.2, -0.15) is 14.0 Å². The smallest absolute Gasteiger partial charge is 0.387 e. The Bertz CT molecular complexity index is 362. The van der Waals surface area contributed by atoms with E-state index in [1.165, 1.54) is 18.2 Å². The third-order valence-corrected chi connectivity index (χ3v) is 1.66. The fourth-order valence-corrected chi connectivity index (χ4v) is 1.23. The van der Waals surface area contributed by atoms with Crippen molar-refractivity contribution < 1.29 is 13.5 Å². The second-order valence-electron chi connectivity index (χ2n) is 2.51. The van der Waals surface area contributed by atoms with E-state index in [9.17, 15) is 8.78 Å². The zero-order valence-electron chi connectivity index (χ0n) is 7.01. The molecule has 0 aromatic heterocycles. The van der Waals surface area contributed by atoms with Gasteiger partial charge in [-0.3, -0.25) is 0 Å². The van der Waals surface area contributed by atoms with Crippen LogP contribution >= 0.6 is 11.6 Å². The third kappa shape index (κ3) is 3.19. The van der Waals surface area contributed by atoms with Crippen LogP contribution in [0.15, 0.2) is 18.2 Å². The molecule has 0 saturated carbocycles. The Hall–Kier alpha value is -1.34. The molecule has 0 unspecified atom stereocenters. The zero-order chi connectivity index (χ0) is 10.6. The molecule has 5 heteroatoms. The van der Waals surface area contributed by atoms with Crippen LogP contribution in [-0.4, -0.2) is 6.61 Å². The Morgan fingerprint density at radius 2 is 2.14 bits per heavy atom. The number of hydrogen-bond donors (Lipinski definition) is 0. The number of alkyl halides is 2. The number of rotatable bonds is 3. The first-order valence-corrected chi connectivity index (χ1v) is 4.11. The highest BCUT2D eigenvalue weighted by Gasteiger charge is 2.06. The van der Waals surface area contributed by atoms with Crippen molar-refractivity contribution in [2.24, 2.45) is 0 Å². The minimum atomic E-state index is -2.89.